The van der Waals surface area contributed by atoms with E-state index < -0.39 is 11.9 Å². The van der Waals surface area contributed by atoms with E-state index in [2.05, 4.69) is 0 Å². The zero-order valence-corrected chi connectivity index (χ0v) is 10.4. The van der Waals surface area contributed by atoms with Gasteiger partial charge in [0.1, 0.15) is 6.10 Å². The smallest absolute Gasteiger partial charge is 0.408 e. The fourth-order valence-corrected chi connectivity index (χ4v) is 2.14. The molecule has 4 nitrogen and oxygen atoms in total. The molecule has 0 aliphatic carbocycles. The van der Waals surface area contributed by atoms with Gasteiger partial charge in [0.15, 0.2) is 5.58 Å². The van der Waals surface area contributed by atoms with Crippen LogP contribution in [-0.4, -0.2) is 9.67 Å². The SMILES string of the molecule is Cn1c(=O)oc2ccc(C(O)c3ccccc3)cc21. The zero-order valence-electron chi connectivity index (χ0n) is 10.4. The van der Waals surface area contributed by atoms with Gasteiger partial charge in [-0.3, -0.25) is 4.57 Å². The first kappa shape index (κ1) is 11.7. The summed E-state index contributed by atoms with van der Waals surface area (Å²) in [6.07, 6.45) is -0.712. The molecule has 0 aliphatic rings. The third-order valence-electron chi connectivity index (χ3n) is 3.25. The number of aliphatic hydroxyl groups excluding tert-OH is 1. The first-order valence-corrected chi connectivity index (χ1v) is 5.99. The maximum absolute atomic E-state index is 11.4. The molecule has 1 heterocycles. The molecule has 0 bridgehead atoms. The number of hydrogen-bond donors (Lipinski definition) is 1. The number of aryl methyl sites for hydroxylation is 1. The molecule has 19 heavy (non-hydrogen) atoms. The van der Waals surface area contributed by atoms with Crippen molar-refractivity contribution in [3.63, 3.8) is 0 Å². The van der Waals surface area contributed by atoms with E-state index in [4.69, 9.17) is 4.42 Å². The van der Waals surface area contributed by atoms with Crippen molar-refractivity contribution >= 4 is 11.1 Å². The molecule has 3 rings (SSSR count). The molecule has 0 amide bonds. The third-order valence-corrected chi connectivity index (χ3v) is 3.25. The minimum absolute atomic E-state index is 0.402. The van der Waals surface area contributed by atoms with Gasteiger partial charge in [-0.1, -0.05) is 36.4 Å². The number of hydrogen-bond acceptors (Lipinski definition) is 3. The fourth-order valence-electron chi connectivity index (χ4n) is 2.14. The van der Waals surface area contributed by atoms with Crippen LogP contribution in [0.15, 0.2) is 57.7 Å². The molecular weight excluding hydrogens is 242 g/mol. The maximum atomic E-state index is 11.4. The molecule has 3 aromatic rings. The van der Waals surface area contributed by atoms with Crippen LogP contribution in [0.4, 0.5) is 0 Å². The number of aromatic nitrogens is 1. The standard InChI is InChI=1S/C15H13NO3/c1-16-12-9-11(7-8-13(12)19-15(16)18)14(17)10-5-3-2-4-6-10/h2-9,14,17H,1H3. The van der Waals surface area contributed by atoms with Crippen LogP contribution in [0.1, 0.15) is 17.2 Å². The van der Waals surface area contributed by atoms with Crippen molar-refractivity contribution in [2.24, 2.45) is 7.05 Å². The van der Waals surface area contributed by atoms with Crippen molar-refractivity contribution in [1.82, 2.24) is 4.57 Å². The Hall–Kier alpha value is -2.33. The summed E-state index contributed by atoms with van der Waals surface area (Å²) in [6.45, 7) is 0. The second-order valence-corrected chi connectivity index (χ2v) is 4.47. The van der Waals surface area contributed by atoms with Crippen LogP contribution in [0, 0.1) is 0 Å². The van der Waals surface area contributed by atoms with Crippen molar-refractivity contribution in [3.8, 4) is 0 Å². The Balaban J connectivity index is 2.11. The lowest BCUT2D eigenvalue weighted by Crippen LogP contribution is -2.08. The molecule has 0 spiro atoms. The topological polar surface area (TPSA) is 55.4 Å². The summed E-state index contributed by atoms with van der Waals surface area (Å²) in [5.74, 6) is -0.402. The van der Waals surface area contributed by atoms with Crippen LogP contribution in [0.3, 0.4) is 0 Å². The van der Waals surface area contributed by atoms with Gasteiger partial charge in [0.2, 0.25) is 0 Å². The van der Waals surface area contributed by atoms with E-state index in [0.29, 0.717) is 11.1 Å². The molecule has 0 radical (unpaired) electrons. The summed E-state index contributed by atoms with van der Waals surface area (Å²) in [6, 6.07) is 14.6. The highest BCUT2D eigenvalue weighted by molar-refractivity contribution is 5.74. The highest BCUT2D eigenvalue weighted by atomic mass is 16.4. The number of oxazole rings is 1. The van der Waals surface area contributed by atoms with E-state index in [-0.39, 0.29) is 0 Å². The Bertz CT molecular complexity index is 771. The van der Waals surface area contributed by atoms with Crippen molar-refractivity contribution in [2.75, 3.05) is 0 Å². The number of aliphatic hydroxyl groups is 1. The Morgan fingerprint density at radius 3 is 2.58 bits per heavy atom. The minimum Gasteiger partial charge on any atom is -0.408 e. The maximum Gasteiger partial charge on any atom is 0.419 e. The lowest BCUT2D eigenvalue weighted by atomic mass is 10.0. The largest absolute Gasteiger partial charge is 0.419 e. The highest BCUT2D eigenvalue weighted by Gasteiger charge is 2.13. The van der Waals surface area contributed by atoms with Crippen molar-refractivity contribution in [1.29, 1.82) is 0 Å². The molecule has 0 aliphatic heterocycles. The monoisotopic (exact) mass is 255 g/mol. The number of benzene rings is 2. The predicted octanol–water partition coefficient (Wildman–Crippen LogP) is 2.21. The number of nitrogens with zero attached hydrogens (tertiary/aromatic N) is 1. The number of rotatable bonds is 2. The highest BCUT2D eigenvalue weighted by Crippen LogP contribution is 2.24. The van der Waals surface area contributed by atoms with Crippen molar-refractivity contribution in [2.45, 2.75) is 6.10 Å². The third kappa shape index (κ3) is 1.96. The molecule has 4 heteroatoms. The molecule has 1 N–H and O–H groups in total. The quantitative estimate of drug-likeness (QED) is 0.763. The van der Waals surface area contributed by atoms with Gasteiger partial charge in [-0.25, -0.2) is 4.79 Å². The minimum atomic E-state index is -0.712. The van der Waals surface area contributed by atoms with Crippen molar-refractivity contribution < 1.29 is 9.52 Å². The Labute approximate surface area is 109 Å². The molecular formula is C15H13NO3. The Kier molecular flexibility index (Phi) is 2.72. The molecule has 1 aromatic heterocycles. The van der Waals surface area contributed by atoms with E-state index in [1.54, 1.807) is 25.2 Å². The van der Waals surface area contributed by atoms with E-state index in [1.807, 2.05) is 30.3 Å². The summed E-state index contributed by atoms with van der Waals surface area (Å²) in [4.78, 5) is 11.4. The second kappa shape index (κ2) is 4.40. The fraction of sp³-hybridized carbons (Fsp3) is 0.133. The summed E-state index contributed by atoms with van der Waals surface area (Å²) < 4.78 is 6.49. The summed E-state index contributed by atoms with van der Waals surface area (Å²) in [5.41, 5.74) is 2.75. The van der Waals surface area contributed by atoms with Gasteiger partial charge in [0, 0.05) is 7.05 Å². The van der Waals surface area contributed by atoms with Crippen LogP contribution >= 0.6 is 0 Å². The summed E-state index contributed by atoms with van der Waals surface area (Å²) >= 11 is 0. The average molecular weight is 255 g/mol. The summed E-state index contributed by atoms with van der Waals surface area (Å²) in [5, 5.41) is 10.3. The number of fused-ring (bicyclic) bond motifs is 1. The first-order chi connectivity index (χ1) is 9.16. The summed E-state index contributed by atoms with van der Waals surface area (Å²) in [7, 11) is 1.65. The average Bonchev–Trinajstić information content (AvgIpc) is 2.74. The van der Waals surface area contributed by atoms with Gasteiger partial charge in [-0.2, -0.15) is 0 Å². The van der Waals surface area contributed by atoms with Gasteiger partial charge in [-0.05, 0) is 23.3 Å². The molecule has 0 fully saturated rings. The van der Waals surface area contributed by atoms with Crippen LogP contribution < -0.4 is 5.76 Å². The lowest BCUT2D eigenvalue weighted by molar-refractivity contribution is 0.220. The van der Waals surface area contributed by atoms with Crippen LogP contribution in [0.25, 0.3) is 11.1 Å². The normalized spacial score (nSPS) is 12.7. The van der Waals surface area contributed by atoms with Crippen LogP contribution in [0.5, 0.6) is 0 Å². The van der Waals surface area contributed by atoms with E-state index >= 15 is 0 Å². The van der Waals surface area contributed by atoms with Crippen LogP contribution in [0.2, 0.25) is 0 Å². The molecule has 0 saturated heterocycles. The van der Waals surface area contributed by atoms with Gasteiger partial charge >= 0.3 is 5.76 Å². The van der Waals surface area contributed by atoms with E-state index in [9.17, 15) is 9.90 Å². The molecule has 1 atom stereocenters. The van der Waals surface area contributed by atoms with Crippen LogP contribution in [-0.2, 0) is 7.05 Å². The predicted molar refractivity (Wildman–Crippen MR) is 72.0 cm³/mol. The van der Waals surface area contributed by atoms with Gasteiger partial charge < -0.3 is 9.52 Å². The molecule has 0 saturated carbocycles. The van der Waals surface area contributed by atoms with Gasteiger partial charge in [-0.15, -0.1) is 0 Å². The first-order valence-electron chi connectivity index (χ1n) is 5.99. The lowest BCUT2D eigenvalue weighted by Gasteiger charge is -2.11. The second-order valence-electron chi connectivity index (χ2n) is 4.47. The zero-order chi connectivity index (χ0) is 13.4. The molecule has 2 aromatic carbocycles. The Morgan fingerprint density at radius 1 is 1.11 bits per heavy atom. The van der Waals surface area contributed by atoms with Gasteiger partial charge in [0.25, 0.3) is 0 Å². The van der Waals surface area contributed by atoms with E-state index in [1.165, 1.54) is 4.57 Å². The Morgan fingerprint density at radius 2 is 1.84 bits per heavy atom. The van der Waals surface area contributed by atoms with Gasteiger partial charge in [0.05, 0.1) is 5.52 Å². The van der Waals surface area contributed by atoms with Crippen molar-refractivity contribution in [3.05, 3.63) is 70.2 Å². The molecule has 96 valence electrons. The van der Waals surface area contributed by atoms with E-state index in [0.717, 1.165) is 11.1 Å². The molecule has 1 unspecified atom stereocenters.